The van der Waals surface area contributed by atoms with E-state index in [-0.39, 0.29) is 18.2 Å². The van der Waals surface area contributed by atoms with Crippen LogP contribution in [0, 0.1) is 11.3 Å². The molecule has 0 spiro atoms. The van der Waals surface area contributed by atoms with Crippen LogP contribution in [0.2, 0.25) is 0 Å². The Bertz CT molecular complexity index is 1130. The molecular weight excluding hydrogens is 414 g/mol. The third-order valence-electron chi connectivity index (χ3n) is 6.72. The maximum Gasteiger partial charge on any atom is 0.276 e. The Morgan fingerprint density at radius 2 is 1.97 bits per heavy atom. The molecule has 9 heteroatoms. The molecule has 32 heavy (non-hydrogen) atoms. The predicted molar refractivity (Wildman–Crippen MR) is 116 cm³/mol. The Hall–Kier alpha value is -3.07. The van der Waals surface area contributed by atoms with Crippen LogP contribution in [-0.4, -0.2) is 44.9 Å². The molecule has 1 aromatic carbocycles. The molecule has 1 aliphatic carbocycles. The number of fused-ring (bicyclic) bond motifs is 1. The number of benzene rings is 1. The highest BCUT2D eigenvalue weighted by molar-refractivity contribution is 6.04. The summed E-state index contributed by atoms with van der Waals surface area (Å²) in [6, 6.07) is 10.2. The molecule has 2 aromatic heterocycles. The van der Waals surface area contributed by atoms with Crippen molar-refractivity contribution in [1.29, 1.82) is 0 Å². The van der Waals surface area contributed by atoms with Gasteiger partial charge in [0.05, 0.1) is 17.9 Å². The molecule has 0 unspecified atom stereocenters. The number of amides is 1. The Morgan fingerprint density at radius 1 is 1.22 bits per heavy atom. The van der Waals surface area contributed by atoms with E-state index < -0.39 is 23.7 Å². The molecule has 5 rings (SSSR count). The quantitative estimate of drug-likeness (QED) is 0.567. The second-order valence-corrected chi connectivity index (χ2v) is 9.41. The molecule has 0 bridgehead atoms. The van der Waals surface area contributed by atoms with Gasteiger partial charge < -0.3 is 10.6 Å². The summed E-state index contributed by atoms with van der Waals surface area (Å²) in [7, 11) is 0. The fraction of sp³-hybridized carbons (Fsp3) is 0.435. The molecule has 3 aromatic rings. The lowest BCUT2D eigenvalue weighted by molar-refractivity contribution is -0.111. The van der Waals surface area contributed by atoms with Gasteiger partial charge in [-0.05, 0) is 5.56 Å². The number of rotatable bonds is 5. The Balaban J connectivity index is 1.37. The summed E-state index contributed by atoms with van der Waals surface area (Å²) < 4.78 is 31.0. The lowest BCUT2D eigenvalue weighted by atomic mass is 9.73. The first-order valence-electron chi connectivity index (χ1n) is 10.8. The number of hydrogen-bond donors (Lipinski definition) is 3. The van der Waals surface area contributed by atoms with Crippen LogP contribution >= 0.6 is 0 Å². The monoisotopic (exact) mass is 440 g/mol. The summed E-state index contributed by atoms with van der Waals surface area (Å²) >= 11 is 0. The van der Waals surface area contributed by atoms with E-state index >= 15 is 0 Å². The summed E-state index contributed by atoms with van der Waals surface area (Å²) in [5.74, 6) is -3.03. The van der Waals surface area contributed by atoms with Gasteiger partial charge in [0.15, 0.2) is 5.69 Å². The standard InChI is InChI=1S/C23H26F2N6O/c1-22(2)9-18-17(8-23(22,24)25)19(30-29-18)21(32)28-16-12-27-31(13-16)20(15-10-26-11-15)14-6-4-3-5-7-14/h3-7,12-13,15,20,26H,8-11H2,1-2H3,(H,28,32)(H,29,30)/t20-/m1/s1. The maximum absolute atomic E-state index is 14.6. The minimum absolute atomic E-state index is 0.0192. The maximum atomic E-state index is 14.6. The molecule has 0 saturated carbocycles. The summed E-state index contributed by atoms with van der Waals surface area (Å²) in [5, 5.41) is 17.4. The number of carbonyl (C=O) groups excluding carboxylic acids is 1. The Morgan fingerprint density at radius 3 is 2.66 bits per heavy atom. The topological polar surface area (TPSA) is 87.6 Å². The van der Waals surface area contributed by atoms with E-state index in [9.17, 15) is 13.6 Å². The molecule has 3 heterocycles. The van der Waals surface area contributed by atoms with Crippen molar-refractivity contribution < 1.29 is 13.6 Å². The van der Waals surface area contributed by atoms with Gasteiger partial charge in [-0.15, -0.1) is 0 Å². The van der Waals surface area contributed by atoms with Crippen LogP contribution in [-0.2, 0) is 12.8 Å². The van der Waals surface area contributed by atoms with Crippen molar-refractivity contribution in [3.05, 3.63) is 65.2 Å². The van der Waals surface area contributed by atoms with Crippen LogP contribution in [0.3, 0.4) is 0 Å². The van der Waals surface area contributed by atoms with Gasteiger partial charge in [-0.2, -0.15) is 10.2 Å². The molecular formula is C23H26F2N6O. The van der Waals surface area contributed by atoms with E-state index in [0.717, 1.165) is 18.7 Å². The zero-order valence-corrected chi connectivity index (χ0v) is 18.0. The fourth-order valence-corrected chi connectivity index (χ4v) is 4.53. The number of H-pyrrole nitrogens is 1. The van der Waals surface area contributed by atoms with Gasteiger partial charge in [-0.25, -0.2) is 8.78 Å². The van der Waals surface area contributed by atoms with Crippen molar-refractivity contribution in [3.8, 4) is 0 Å². The van der Waals surface area contributed by atoms with Crippen molar-refractivity contribution in [2.24, 2.45) is 11.3 Å². The van der Waals surface area contributed by atoms with E-state index in [2.05, 4.69) is 38.1 Å². The largest absolute Gasteiger partial charge is 0.318 e. The van der Waals surface area contributed by atoms with Crippen molar-refractivity contribution >= 4 is 11.6 Å². The normalized spacial score (nSPS) is 20.2. The molecule has 2 aliphatic rings. The molecule has 7 nitrogen and oxygen atoms in total. The zero-order valence-electron chi connectivity index (χ0n) is 18.0. The van der Waals surface area contributed by atoms with Crippen LogP contribution in [0.4, 0.5) is 14.5 Å². The molecule has 1 saturated heterocycles. The second kappa shape index (κ2) is 7.51. The summed E-state index contributed by atoms with van der Waals surface area (Å²) in [6.45, 7) is 4.85. The third kappa shape index (κ3) is 3.50. The number of aromatic amines is 1. The average molecular weight is 440 g/mol. The first-order valence-corrected chi connectivity index (χ1v) is 10.8. The van der Waals surface area contributed by atoms with Gasteiger partial charge in [0, 0.05) is 54.7 Å². The van der Waals surface area contributed by atoms with E-state index in [1.807, 2.05) is 22.9 Å². The lowest BCUT2D eigenvalue weighted by Crippen LogP contribution is -2.47. The number of aromatic nitrogens is 4. The number of alkyl halides is 2. The van der Waals surface area contributed by atoms with Crippen LogP contribution in [0.5, 0.6) is 0 Å². The number of hydrogen-bond acceptors (Lipinski definition) is 4. The van der Waals surface area contributed by atoms with Crippen LogP contribution in [0.15, 0.2) is 42.7 Å². The van der Waals surface area contributed by atoms with E-state index in [1.54, 1.807) is 12.4 Å². The van der Waals surface area contributed by atoms with Crippen molar-refractivity contribution in [2.75, 3.05) is 18.4 Å². The Labute approximate surface area is 184 Å². The highest BCUT2D eigenvalue weighted by Gasteiger charge is 2.51. The lowest BCUT2D eigenvalue weighted by Gasteiger charge is -2.37. The summed E-state index contributed by atoms with van der Waals surface area (Å²) in [6.07, 6.45) is 3.00. The molecule has 1 fully saturated rings. The molecule has 1 aliphatic heterocycles. The van der Waals surface area contributed by atoms with E-state index in [0.29, 0.717) is 22.9 Å². The minimum Gasteiger partial charge on any atom is -0.318 e. The first kappa shape index (κ1) is 20.8. The number of nitrogens with zero attached hydrogens (tertiary/aromatic N) is 3. The number of nitrogens with one attached hydrogen (secondary N) is 3. The van der Waals surface area contributed by atoms with Gasteiger partial charge in [0.25, 0.3) is 11.8 Å². The zero-order chi connectivity index (χ0) is 22.5. The van der Waals surface area contributed by atoms with E-state index in [1.165, 1.54) is 13.8 Å². The summed E-state index contributed by atoms with van der Waals surface area (Å²) in [4.78, 5) is 12.9. The summed E-state index contributed by atoms with van der Waals surface area (Å²) in [5.41, 5.74) is 1.37. The van der Waals surface area contributed by atoms with Crippen LogP contribution < -0.4 is 10.6 Å². The van der Waals surface area contributed by atoms with Gasteiger partial charge >= 0.3 is 0 Å². The average Bonchev–Trinajstić information content (AvgIpc) is 3.31. The fourth-order valence-electron chi connectivity index (χ4n) is 4.53. The molecule has 0 radical (unpaired) electrons. The van der Waals surface area contributed by atoms with Gasteiger partial charge in [-0.1, -0.05) is 44.2 Å². The van der Waals surface area contributed by atoms with Crippen molar-refractivity contribution in [2.45, 2.75) is 38.7 Å². The van der Waals surface area contributed by atoms with Crippen molar-refractivity contribution in [3.63, 3.8) is 0 Å². The van der Waals surface area contributed by atoms with Gasteiger partial charge in [0.2, 0.25) is 0 Å². The molecule has 1 amide bonds. The second-order valence-electron chi connectivity index (χ2n) is 9.41. The molecule has 1 atom stereocenters. The first-order chi connectivity index (χ1) is 15.2. The number of carbonyl (C=O) groups is 1. The minimum atomic E-state index is -2.91. The highest BCUT2D eigenvalue weighted by atomic mass is 19.3. The Kier molecular flexibility index (Phi) is 4.88. The van der Waals surface area contributed by atoms with Gasteiger partial charge in [-0.3, -0.25) is 14.6 Å². The van der Waals surface area contributed by atoms with Crippen LogP contribution in [0.25, 0.3) is 0 Å². The van der Waals surface area contributed by atoms with Crippen LogP contribution in [0.1, 0.15) is 47.2 Å². The predicted octanol–water partition coefficient (Wildman–Crippen LogP) is 3.43. The molecule has 168 valence electrons. The van der Waals surface area contributed by atoms with E-state index in [4.69, 9.17) is 0 Å². The molecule has 3 N–H and O–H groups in total. The SMILES string of the molecule is CC1(C)Cc2[nH]nc(C(=O)Nc3cnn([C@H](c4ccccc4)C4CNC4)c3)c2CC1(F)F. The number of halogens is 2. The number of anilines is 1. The highest BCUT2D eigenvalue weighted by Crippen LogP contribution is 2.46. The van der Waals surface area contributed by atoms with Gasteiger partial charge in [0.1, 0.15) is 0 Å². The van der Waals surface area contributed by atoms with Crippen molar-refractivity contribution in [1.82, 2.24) is 25.3 Å². The smallest absolute Gasteiger partial charge is 0.276 e. The third-order valence-corrected chi connectivity index (χ3v) is 6.72.